The first-order valence-corrected chi connectivity index (χ1v) is 12.4. The number of nitrogens with one attached hydrogen (secondary N) is 1. The maximum absolute atomic E-state index is 13.2. The van der Waals surface area contributed by atoms with Gasteiger partial charge in [-0.2, -0.15) is 0 Å². The lowest BCUT2D eigenvalue weighted by molar-refractivity contribution is -0.138. The molecular formula is C24H27Cl4N3O2. The molecule has 1 unspecified atom stereocenters. The van der Waals surface area contributed by atoms with Gasteiger partial charge in [0, 0.05) is 38.3 Å². The van der Waals surface area contributed by atoms with Gasteiger partial charge in [-0.25, -0.2) is 0 Å². The van der Waals surface area contributed by atoms with Crippen molar-refractivity contribution in [1.82, 2.24) is 10.2 Å². The van der Waals surface area contributed by atoms with Gasteiger partial charge in [0.1, 0.15) is 6.04 Å². The Morgan fingerprint density at radius 2 is 1.48 bits per heavy atom. The second-order valence-electron chi connectivity index (χ2n) is 8.45. The third kappa shape index (κ3) is 6.92. The number of aryl methyl sites for hydroxylation is 1. The molecule has 0 aliphatic carbocycles. The number of amides is 2. The van der Waals surface area contributed by atoms with Crippen LogP contribution in [0.15, 0.2) is 36.4 Å². The number of carbonyl (C=O) groups excluding carboxylic acids is 2. The molecule has 0 radical (unpaired) electrons. The quantitative estimate of drug-likeness (QED) is 0.498. The molecule has 9 heteroatoms. The fraction of sp³-hybridized carbons (Fsp3) is 0.417. The molecule has 3 rings (SSSR count). The van der Waals surface area contributed by atoms with Crippen LogP contribution in [0.1, 0.15) is 25.8 Å². The van der Waals surface area contributed by atoms with Crippen LogP contribution in [0.2, 0.25) is 20.1 Å². The van der Waals surface area contributed by atoms with Gasteiger partial charge in [-0.3, -0.25) is 9.59 Å². The number of benzene rings is 2. The van der Waals surface area contributed by atoms with Crippen LogP contribution >= 0.6 is 46.4 Å². The third-order valence-electron chi connectivity index (χ3n) is 5.73. The summed E-state index contributed by atoms with van der Waals surface area (Å²) < 4.78 is 0. The van der Waals surface area contributed by atoms with E-state index in [9.17, 15) is 9.59 Å². The Bertz CT molecular complexity index is 1010. The Labute approximate surface area is 214 Å². The molecule has 0 bridgehead atoms. The SMILES string of the molecule is CC(C)C(NC(=O)CCc1ccc(Cl)c(Cl)c1)C(=O)N1CCN(c2ccc(Cl)c(Cl)c2)CC1. The van der Waals surface area contributed by atoms with Crippen molar-refractivity contribution in [1.29, 1.82) is 0 Å². The van der Waals surface area contributed by atoms with Crippen molar-refractivity contribution in [3.05, 3.63) is 62.1 Å². The topological polar surface area (TPSA) is 52.7 Å². The van der Waals surface area contributed by atoms with Crippen molar-refractivity contribution in [2.75, 3.05) is 31.1 Å². The van der Waals surface area contributed by atoms with E-state index in [4.69, 9.17) is 46.4 Å². The fourth-order valence-electron chi connectivity index (χ4n) is 3.78. The monoisotopic (exact) mass is 529 g/mol. The predicted molar refractivity (Wildman–Crippen MR) is 137 cm³/mol. The van der Waals surface area contributed by atoms with E-state index in [2.05, 4.69) is 10.2 Å². The predicted octanol–water partition coefficient (Wildman–Crippen LogP) is 5.72. The molecule has 1 N–H and O–H groups in total. The van der Waals surface area contributed by atoms with Crippen LogP contribution in [0.25, 0.3) is 0 Å². The summed E-state index contributed by atoms with van der Waals surface area (Å²) in [4.78, 5) is 29.8. The van der Waals surface area contributed by atoms with E-state index in [1.165, 1.54) is 0 Å². The first-order chi connectivity index (χ1) is 15.7. The fourth-order valence-corrected chi connectivity index (χ4v) is 4.39. The molecule has 33 heavy (non-hydrogen) atoms. The molecule has 2 amide bonds. The van der Waals surface area contributed by atoms with Crippen LogP contribution in [-0.2, 0) is 16.0 Å². The van der Waals surface area contributed by atoms with Gasteiger partial charge >= 0.3 is 0 Å². The highest BCUT2D eigenvalue weighted by Crippen LogP contribution is 2.28. The summed E-state index contributed by atoms with van der Waals surface area (Å²) in [6, 6.07) is 10.3. The highest BCUT2D eigenvalue weighted by molar-refractivity contribution is 6.42. The van der Waals surface area contributed by atoms with Crippen molar-refractivity contribution in [2.24, 2.45) is 5.92 Å². The molecule has 178 valence electrons. The van der Waals surface area contributed by atoms with Crippen LogP contribution in [0.3, 0.4) is 0 Å². The maximum atomic E-state index is 13.2. The standard InChI is InChI=1S/C24H27Cl4N3O2/c1-15(2)23(29-22(32)8-4-16-3-6-18(25)20(27)13-16)24(33)31-11-9-30(10-12-31)17-5-7-19(26)21(28)14-17/h3,5-7,13-15,23H,4,8-12H2,1-2H3,(H,29,32). The normalized spacial score (nSPS) is 15.0. The maximum Gasteiger partial charge on any atom is 0.245 e. The number of anilines is 1. The van der Waals surface area contributed by atoms with E-state index in [0.29, 0.717) is 52.7 Å². The first-order valence-electron chi connectivity index (χ1n) is 10.9. The largest absolute Gasteiger partial charge is 0.368 e. The molecule has 0 aromatic heterocycles. The van der Waals surface area contributed by atoms with Gasteiger partial charge in [-0.05, 0) is 48.2 Å². The second-order valence-corrected chi connectivity index (χ2v) is 10.1. The summed E-state index contributed by atoms with van der Waals surface area (Å²) in [6.07, 6.45) is 0.781. The summed E-state index contributed by atoms with van der Waals surface area (Å²) >= 11 is 24.1. The van der Waals surface area contributed by atoms with Crippen LogP contribution in [0, 0.1) is 5.92 Å². The lowest BCUT2D eigenvalue weighted by Crippen LogP contribution is -2.56. The minimum Gasteiger partial charge on any atom is -0.368 e. The summed E-state index contributed by atoms with van der Waals surface area (Å²) in [5.41, 5.74) is 1.90. The zero-order valence-electron chi connectivity index (χ0n) is 18.6. The molecule has 0 saturated carbocycles. The van der Waals surface area contributed by atoms with Crippen molar-refractivity contribution in [2.45, 2.75) is 32.7 Å². The number of nitrogens with zero attached hydrogens (tertiary/aromatic N) is 2. The average Bonchev–Trinajstić information content (AvgIpc) is 2.79. The Morgan fingerprint density at radius 3 is 2.06 bits per heavy atom. The molecule has 1 atom stereocenters. The molecule has 5 nitrogen and oxygen atoms in total. The summed E-state index contributed by atoms with van der Waals surface area (Å²) in [6.45, 7) is 6.38. The highest BCUT2D eigenvalue weighted by atomic mass is 35.5. The minimum absolute atomic E-state index is 0.0282. The van der Waals surface area contributed by atoms with Crippen molar-refractivity contribution < 1.29 is 9.59 Å². The Kier molecular flexibility index (Phi) is 9.17. The Morgan fingerprint density at radius 1 is 0.879 bits per heavy atom. The van der Waals surface area contributed by atoms with Crippen molar-refractivity contribution in [3.8, 4) is 0 Å². The van der Waals surface area contributed by atoms with Crippen molar-refractivity contribution in [3.63, 3.8) is 0 Å². The van der Waals surface area contributed by atoms with Gasteiger partial charge in [0.05, 0.1) is 20.1 Å². The van der Waals surface area contributed by atoms with Crippen molar-refractivity contribution >= 4 is 63.9 Å². The first kappa shape index (κ1) is 26.0. The summed E-state index contributed by atoms with van der Waals surface area (Å²) in [7, 11) is 0. The van der Waals surface area contributed by atoms with Crippen LogP contribution in [-0.4, -0.2) is 48.9 Å². The van der Waals surface area contributed by atoms with E-state index in [-0.39, 0.29) is 24.2 Å². The average molecular weight is 531 g/mol. The Hall–Kier alpha value is -1.66. The number of hydrogen-bond acceptors (Lipinski definition) is 3. The summed E-state index contributed by atoms with van der Waals surface area (Å²) in [5.74, 6) is -0.247. The summed E-state index contributed by atoms with van der Waals surface area (Å²) in [5, 5.41) is 4.90. The van der Waals surface area contributed by atoms with Crippen LogP contribution in [0.4, 0.5) is 5.69 Å². The molecule has 2 aromatic rings. The molecule has 1 aliphatic heterocycles. The van der Waals surface area contributed by atoms with Gasteiger partial charge in [-0.15, -0.1) is 0 Å². The third-order valence-corrected chi connectivity index (χ3v) is 7.21. The van der Waals surface area contributed by atoms with E-state index >= 15 is 0 Å². The van der Waals surface area contributed by atoms with Gasteiger partial charge in [0.25, 0.3) is 0 Å². The number of halogens is 4. The molecule has 1 heterocycles. The number of hydrogen-bond donors (Lipinski definition) is 1. The molecule has 1 saturated heterocycles. The van der Waals surface area contributed by atoms with Crippen LogP contribution < -0.4 is 10.2 Å². The van der Waals surface area contributed by atoms with Crippen LogP contribution in [0.5, 0.6) is 0 Å². The Balaban J connectivity index is 1.54. The molecular weight excluding hydrogens is 504 g/mol. The zero-order valence-corrected chi connectivity index (χ0v) is 21.6. The molecule has 1 fully saturated rings. The van der Waals surface area contributed by atoms with E-state index < -0.39 is 6.04 Å². The van der Waals surface area contributed by atoms with Gasteiger partial charge < -0.3 is 15.1 Å². The zero-order chi connectivity index (χ0) is 24.1. The van der Waals surface area contributed by atoms with E-state index in [0.717, 1.165) is 11.3 Å². The van der Waals surface area contributed by atoms with Gasteiger partial charge in [0.15, 0.2) is 0 Å². The number of piperazine rings is 1. The highest BCUT2D eigenvalue weighted by Gasteiger charge is 2.30. The molecule has 0 spiro atoms. The van der Waals surface area contributed by atoms with E-state index in [1.54, 1.807) is 18.2 Å². The lowest BCUT2D eigenvalue weighted by Gasteiger charge is -2.38. The number of carbonyl (C=O) groups is 2. The van der Waals surface area contributed by atoms with E-state index in [1.807, 2.05) is 36.9 Å². The second kappa shape index (κ2) is 11.7. The minimum atomic E-state index is -0.567. The lowest BCUT2D eigenvalue weighted by atomic mass is 10.0. The smallest absolute Gasteiger partial charge is 0.245 e. The molecule has 1 aliphatic rings. The van der Waals surface area contributed by atoms with Gasteiger partial charge in [-0.1, -0.05) is 66.3 Å². The number of rotatable bonds is 7. The molecule has 2 aromatic carbocycles. The van der Waals surface area contributed by atoms with Gasteiger partial charge in [0.2, 0.25) is 11.8 Å².